The monoisotopic (exact) mass is 639 g/mol. The number of ketones is 2. The number of fused-ring (bicyclic) bond motifs is 2. The molecule has 0 aromatic heterocycles. The second kappa shape index (κ2) is 15.2. The standard InChI is InChI=1S/C23H27N3O2.C14H18N2O.2CH4/c1-16-6-5-7-17(2)21(16)24-22(28)26-14-12-23(13-15-26)11-10-20(27)18-8-3-4-9-19(18)25-23;17-13-5-6-14(7-9-15-10-8-14)16-12-4-2-1-3-11(12)13;;/h3-9,25H,10-15H2,1-2H3,(H,24,28);1-4,15-16H,5-10H2;2*1H4. The molecule has 3 aromatic carbocycles. The lowest BCUT2D eigenvalue weighted by Crippen LogP contribution is -2.51. The number of para-hydroxylation sites is 3. The molecular weight excluding hydrogens is 586 g/mol. The first-order valence-corrected chi connectivity index (χ1v) is 16.4. The minimum Gasteiger partial charge on any atom is -0.379 e. The molecule has 0 unspecified atom stereocenters. The van der Waals surface area contributed by atoms with E-state index >= 15 is 0 Å². The molecule has 0 radical (unpaired) electrons. The molecule has 47 heavy (non-hydrogen) atoms. The molecule has 0 aliphatic carbocycles. The van der Waals surface area contributed by atoms with E-state index in [0.717, 1.165) is 90.9 Å². The molecule has 2 saturated heterocycles. The molecule has 0 bridgehead atoms. The van der Waals surface area contributed by atoms with Gasteiger partial charge < -0.3 is 26.2 Å². The quantitative estimate of drug-likeness (QED) is 0.214. The highest BCUT2D eigenvalue weighted by molar-refractivity contribution is 6.02. The van der Waals surface area contributed by atoms with Crippen molar-refractivity contribution in [2.75, 3.05) is 42.1 Å². The molecule has 8 heteroatoms. The average molecular weight is 640 g/mol. The normalized spacial score (nSPS) is 19.1. The molecule has 0 saturated carbocycles. The summed E-state index contributed by atoms with van der Waals surface area (Å²) >= 11 is 0. The lowest BCUT2D eigenvalue weighted by molar-refractivity contribution is 0.0963. The Balaban J connectivity index is 0.000000226. The maximum Gasteiger partial charge on any atom is 0.321 e. The summed E-state index contributed by atoms with van der Waals surface area (Å²) in [6.07, 6.45) is 6.89. The van der Waals surface area contributed by atoms with E-state index in [-0.39, 0.29) is 43.5 Å². The number of rotatable bonds is 1. The molecule has 4 N–H and O–H groups in total. The van der Waals surface area contributed by atoms with Gasteiger partial charge in [0.1, 0.15) is 0 Å². The number of carbonyl (C=O) groups is 3. The number of likely N-dealkylation sites (tertiary alicyclic amines) is 1. The van der Waals surface area contributed by atoms with E-state index in [9.17, 15) is 14.4 Å². The molecule has 3 aromatic rings. The zero-order valence-corrected chi connectivity index (χ0v) is 26.5. The van der Waals surface area contributed by atoms with Crippen molar-refractivity contribution in [3.8, 4) is 0 Å². The van der Waals surface area contributed by atoms with Crippen LogP contribution in [-0.2, 0) is 0 Å². The zero-order valence-electron chi connectivity index (χ0n) is 26.5. The van der Waals surface area contributed by atoms with Gasteiger partial charge >= 0.3 is 6.03 Å². The Hall–Kier alpha value is -4.17. The Bertz CT molecular complexity index is 1550. The predicted molar refractivity (Wildman–Crippen MR) is 194 cm³/mol. The van der Waals surface area contributed by atoms with E-state index in [1.807, 2.05) is 85.5 Å². The molecule has 8 nitrogen and oxygen atoms in total. The highest BCUT2D eigenvalue weighted by Crippen LogP contribution is 2.37. The fourth-order valence-corrected chi connectivity index (χ4v) is 7.33. The smallest absolute Gasteiger partial charge is 0.321 e. The number of nitrogens with one attached hydrogen (secondary N) is 4. The number of piperidine rings is 2. The summed E-state index contributed by atoms with van der Waals surface area (Å²) in [5, 5.41) is 13.8. The number of carbonyl (C=O) groups excluding carboxylic acids is 3. The average Bonchev–Trinajstić information content (AvgIpc) is 3.28. The summed E-state index contributed by atoms with van der Waals surface area (Å²) in [6.45, 7) is 7.47. The highest BCUT2D eigenvalue weighted by atomic mass is 16.2. The Labute approximate surface area is 281 Å². The topological polar surface area (TPSA) is 103 Å². The van der Waals surface area contributed by atoms with Crippen molar-refractivity contribution in [3.05, 3.63) is 89.0 Å². The van der Waals surface area contributed by atoms with Gasteiger partial charge in [-0.2, -0.15) is 0 Å². The second-order valence-corrected chi connectivity index (χ2v) is 13.2. The van der Waals surface area contributed by atoms with Crippen LogP contribution < -0.4 is 21.3 Å². The first kappa shape index (κ1) is 35.7. The van der Waals surface area contributed by atoms with Gasteiger partial charge in [0, 0.05) is 65.2 Å². The number of hydrogen-bond donors (Lipinski definition) is 4. The molecular formula is C39H53N5O3. The van der Waals surface area contributed by atoms with Crippen LogP contribution in [0.4, 0.5) is 21.9 Å². The Morgan fingerprint density at radius 1 is 0.660 bits per heavy atom. The van der Waals surface area contributed by atoms with Crippen molar-refractivity contribution in [1.82, 2.24) is 10.2 Å². The van der Waals surface area contributed by atoms with Gasteiger partial charge in [-0.1, -0.05) is 57.3 Å². The van der Waals surface area contributed by atoms with Crippen molar-refractivity contribution < 1.29 is 14.4 Å². The van der Waals surface area contributed by atoms with Crippen LogP contribution in [0.15, 0.2) is 66.7 Å². The van der Waals surface area contributed by atoms with Crippen molar-refractivity contribution >= 4 is 34.7 Å². The molecule has 4 heterocycles. The predicted octanol–water partition coefficient (Wildman–Crippen LogP) is 8.23. The van der Waals surface area contributed by atoms with Gasteiger partial charge in [-0.05, 0) is 101 Å². The minimum atomic E-state index is -0.113. The zero-order chi connectivity index (χ0) is 31.4. The van der Waals surface area contributed by atoms with Crippen LogP contribution in [0.2, 0.25) is 0 Å². The molecule has 7 rings (SSSR count). The van der Waals surface area contributed by atoms with E-state index in [0.29, 0.717) is 25.9 Å². The first-order chi connectivity index (χ1) is 21.8. The van der Waals surface area contributed by atoms with Crippen LogP contribution in [0.3, 0.4) is 0 Å². The molecule has 2 amide bonds. The Morgan fingerprint density at radius 2 is 1.13 bits per heavy atom. The molecule has 252 valence electrons. The first-order valence-electron chi connectivity index (χ1n) is 16.4. The number of aryl methyl sites for hydroxylation is 2. The van der Waals surface area contributed by atoms with Gasteiger partial charge in [-0.3, -0.25) is 9.59 Å². The summed E-state index contributed by atoms with van der Waals surface area (Å²) in [4.78, 5) is 39.2. The van der Waals surface area contributed by atoms with Crippen LogP contribution >= 0.6 is 0 Å². The number of urea groups is 1. The van der Waals surface area contributed by atoms with E-state index < -0.39 is 0 Å². The van der Waals surface area contributed by atoms with Gasteiger partial charge in [0.05, 0.1) is 0 Å². The summed E-state index contributed by atoms with van der Waals surface area (Å²) in [7, 11) is 0. The number of hydrogen-bond acceptors (Lipinski definition) is 6. The minimum absolute atomic E-state index is 0. The number of amides is 2. The summed E-state index contributed by atoms with van der Waals surface area (Å²) < 4.78 is 0. The Kier molecular flexibility index (Phi) is 11.5. The van der Waals surface area contributed by atoms with E-state index in [2.05, 4.69) is 21.3 Å². The third kappa shape index (κ3) is 7.87. The lowest BCUT2D eigenvalue weighted by Gasteiger charge is -2.42. The molecule has 4 aliphatic heterocycles. The SMILES string of the molecule is C.C.Cc1cccc(C)c1NC(=O)N1CCC2(CCC(=O)c3ccccc3N2)CC1.O=C1CCC2(CCNCC2)Nc2ccccc21. The summed E-state index contributed by atoms with van der Waals surface area (Å²) in [5.41, 5.74) is 6.67. The largest absolute Gasteiger partial charge is 0.379 e. The third-order valence-corrected chi connectivity index (χ3v) is 10.2. The number of nitrogens with zero attached hydrogens (tertiary/aromatic N) is 1. The van der Waals surface area contributed by atoms with E-state index in [1.54, 1.807) is 0 Å². The van der Waals surface area contributed by atoms with Crippen LogP contribution in [0, 0.1) is 13.8 Å². The van der Waals surface area contributed by atoms with Gasteiger partial charge in [-0.25, -0.2) is 4.79 Å². The van der Waals surface area contributed by atoms with Crippen LogP contribution in [0.5, 0.6) is 0 Å². The van der Waals surface area contributed by atoms with E-state index in [4.69, 9.17) is 0 Å². The fraction of sp³-hybridized carbons (Fsp3) is 0.462. The molecule has 4 aliphatic rings. The van der Waals surface area contributed by atoms with Crippen molar-refractivity contribution in [1.29, 1.82) is 0 Å². The second-order valence-electron chi connectivity index (χ2n) is 13.2. The third-order valence-electron chi connectivity index (χ3n) is 10.2. The van der Waals surface area contributed by atoms with Crippen LogP contribution in [-0.4, -0.2) is 59.8 Å². The van der Waals surface area contributed by atoms with Crippen LogP contribution in [0.1, 0.15) is 98.1 Å². The lowest BCUT2D eigenvalue weighted by atomic mass is 9.83. The number of benzene rings is 3. The van der Waals surface area contributed by atoms with Crippen molar-refractivity contribution in [2.24, 2.45) is 0 Å². The molecule has 0 atom stereocenters. The maximum atomic E-state index is 12.8. The highest BCUT2D eigenvalue weighted by Gasteiger charge is 2.39. The van der Waals surface area contributed by atoms with Crippen molar-refractivity contribution in [3.63, 3.8) is 0 Å². The fourth-order valence-electron chi connectivity index (χ4n) is 7.33. The number of Topliss-reactive ketones (excluding diaryl/α,β-unsaturated/α-hetero) is 2. The van der Waals surface area contributed by atoms with Gasteiger partial charge in [0.15, 0.2) is 11.6 Å². The molecule has 2 fully saturated rings. The molecule has 2 spiro atoms. The van der Waals surface area contributed by atoms with Crippen molar-refractivity contribution in [2.45, 2.75) is 91.1 Å². The van der Waals surface area contributed by atoms with Gasteiger partial charge in [-0.15, -0.1) is 0 Å². The van der Waals surface area contributed by atoms with Gasteiger partial charge in [0.25, 0.3) is 0 Å². The summed E-state index contributed by atoms with van der Waals surface area (Å²) in [6, 6.07) is 21.7. The maximum absolute atomic E-state index is 12.8. The Morgan fingerprint density at radius 3 is 1.64 bits per heavy atom. The number of anilines is 3. The van der Waals surface area contributed by atoms with Gasteiger partial charge in [0.2, 0.25) is 0 Å². The summed E-state index contributed by atoms with van der Waals surface area (Å²) in [5.74, 6) is 0.485. The van der Waals surface area contributed by atoms with Crippen LogP contribution in [0.25, 0.3) is 0 Å². The van der Waals surface area contributed by atoms with E-state index in [1.165, 1.54) is 0 Å².